The molecule has 9 heteroatoms. The molecule has 1 saturated heterocycles. The Hall–Kier alpha value is -1.87. The Morgan fingerprint density at radius 3 is 2.76 bits per heavy atom. The second-order valence-corrected chi connectivity index (χ2v) is 6.92. The van der Waals surface area contributed by atoms with Crippen molar-refractivity contribution in [3.05, 3.63) is 23.7 Å². The van der Waals surface area contributed by atoms with Gasteiger partial charge in [0.25, 0.3) is 5.91 Å². The zero-order valence-electron chi connectivity index (χ0n) is 11.4. The molecule has 21 heavy (non-hydrogen) atoms. The lowest BCUT2D eigenvalue weighted by Crippen LogP contribution is -2.49. The minimum Gasteiger partial charge on any atom is -0.478 e. The molecule has 1 fully saturated rings. The maximum absolute atomic E-state index is 11.9. The van der Waals surface area contributed by atoms with Crippen LogP contribution in [0, 0.1) is 0 Å². The van der Waals surface area contributed by atoms with Crippen molar-refractivity contribution in [2.24, 2.45) is 0 Å². The van der Waals surface area contributed by atoms with Crippen LogP contribution in [0.25, 0.3) is 0 Å². The highest BCUT2D eigenvalue weighted by Crippen LogP contribution is 2.14. The Labute approximate surface area is 121 Å². The molecule has 1 unspecified atom stereocenters. The number of carbonyl (C=O) groups is 2. The molecule has 1 aliphatic heterocycles. The summed E-state index contributed by atoms with van der Waals surface area (Å²) < 4.78 is 29.2. The quantitative estimate of drug-likeness (QED) is 0.815. The summed E-state index contributed by atoms with van der Waals surface area (Å²) in [5, 5.41) is 11.4. The highest BCUT2D eigenvalue weighted by molar-refractivity contribution is 7.88. The van der Waals surface area contributed by atoms with Gasteiger partial charge in [-0.1, -0.05) is 0 Å². The third kappa shape index (κ3) is 3.82. The summed E-state index contributed by atoms with van der Waals surface area (Å²) >= 11 is 0. The number of hydrogen-bond donors (Lipinski definition) is 2. The number of nitrogens with one attached hydrogen (secondary N) is 1. The van der Waals surface area contributed by atoms with Gasteiger partial charge in [-0.15, -0.1) is 0 Å². The molecule has 8 nitrogen and oxygen atoms in total. The third-order valence-corrected chi connectivity index (χ3v) is 4.53. The van der Waals surface area contributed by atoms with Crippen LogP contribution in [0.2, 0.25) is 0 Å². The smallest absolute Gasteiger partial charge is 0.338 e. The number of aromatic carboxylic acids is 1. The van der Waals surface area contributed by atoms with Crippen LogP contribution in [-0.4, -0.2) is 55.1 Å². The number of carbonyl (C=O) groups excluding carboxylic acids is 1. The summed E-state index contributed by atoms with van der Waals surface area (Å²) in [4.78, 5) is 22.7. The summed E-state index contributed by atoms with van der Waals surface area (Å²) in [6, 6.07) is 0.814. The lowest BCUT2D eigenvalue weighted by molar-refractivity contribution is 0.0695. The molecule has 2 heterocycles. The first-order chi connectivity index (χ1) is 9.77. The molecule has 0 aliphatic carbocycles. The minimum atomic E-state index is -3.29. The molecule has 0 bridgehead atoms. The van der Waals surface area contributed by atoms with Gasteiger partial charge in [-0.05, 0) is 12.8 Å². The lowest BCUT2D eigenvalue weighted by Gasteiger charge is -2.31. The number of nitrogens with zero attached hydrogens (tertiary/aromatic N) is 1. The van der Waals surface area contributed by atoms with Crippen molar-refractivity contribution in [3.63, 3.8) is 0 Å². The van der Waals surface area contributed by atoms with E-state index < -0.39 is 21.9 Å². The van der Waals surface area contributed by atoms with Crippen molar-refractivity contribution in [3.8, 4) is 0 Å². The normalized spacial score (nSPS) is 20.1. The molecule has 1 atom stereocenters. The van der Waals surface area contributed by atoms with Gasteiger partial charge in [-0.25, -0.2) is 17.5 Å². The first-order valence-corrected chi connectivity index (χ1v) is 8.20. The Bertz CT molecular complexity index is 650. The fourth-order valence-electron chi connectivity index (χ4n) is 2.19. The molecule has 1 aliphatic rings. The van der Waals surface area contributed by atoms with E-state index in [-0.39, 0.29) is 23.9 Å². The molecule has 116 valence electrons. The fourth-order valence-corrected chi connectivity index (χ4v) is 3.10. The van der Waals surface area contributed by atoms with E-state index in [9.17, 15) is 18.0 Å². The molecule has 0 radical (unpaired) electrons. The molecule has 1 amide bonds. The van der Waals surface area contributed by atoms with Crippen molar-refractivity contribution in [2.45, 2.75) is 18.9 Å². The van der Waals surface area contributed by atoms with Gasteiger partial charge >= 0.3 is 5.97 Å². The van der Waals surface area contributed by atoms with Crippen LogP contribution < -0.4 is 5.32 Å². The van der Waals surface area contributed by atoms with E-state index in [1.54, 1.807) is 0 Å². The van der Waals surface area contributed by atoms with Crippen molar-refractivity contribution in [1.29, 1.82) is 0 Å². The molecule has 1 aromatic heterocycles. The topological polar surface area (TPSA) is 117 Å². The summed E-state index contributed by atoms with van der Waals surface area (Å²) in [5.41, 5.74) is -0.110. The fraction of sp³-hybridized carbons (Fsp3) is 0.500. The van der Waals surface area contributed by atoms with E-state index in [0.717, 1.165) is 18.6 Å². The van der Waals surface area contributed by atoms with Crippen LogP contribution in [0.4, 0.5) is 0 Å². The number of piperidine rings is 1. The van der Waals surface area contributed by atoms with Crippen molar-refractivity contribution >= 4 is 21.9 Å². The zero-order valence-corrected chi connectivity index (χ0v) is 12.2. The number of hydrogen-bond acceptors (Lipinski definition) is 5. The van der Waals surface area contributed by atoms with Crippen LogP contribution in [-0.2, 0) is 10.0 Å². The van der Waals surface area contributed by atoms with E-state index in [2.05, 4.69) is 5.32 Å². The van der Waals surface area contributed by atoms with E-state index in [0.29, 0.717) is 19.4 Å². The number of carboxylic acids is 1. The molecule has 1 aromatic rings. The van der Waals surface area contributed by atoms with Gasteiger partial charge in [-0.3, -0.25) is 4.79 Å². The standard InChI is InChI=1S/C12H16N2O6S/c1-21(18,19)14-4-2-3-9(6-14)13-11(15)10-5-8(7-20-10)12(16)17/h5,7,9H,2-4,6H2,1H3,(H,13,15)(H,16,17). The molecule has 0 aromatic carbocycles. The highest BCUT2D eigenvalue weighted by atomic mass is 32.2. The molecular weight excluding hydrogens is 300 g/mol. The first-order valence-electron chi connectivity index (χ1n) is 6.35. The predicted molar refractivity (Wildman–Crippen MR) is 72.6 cm³/mol. The molecular formula is C12H16N2O6S. The van der Waals surface area contributed by atoms with Crippen LogP contribution in [0.1, 0.15) is 33.8 Å². The lowest BCUT2D eigenvalue weighted by atomic mass is 10.1. The summed E-state index contributed by atoms with van der Waals surface area (Å²) in [6.45, 7) is 0.645. The third-order valence-electron chi connectivity index (χ3n) is 3.26. The number of sulfonamides is 1. The van der Waals surface area contributed by atoms with Crippen molar-refractivity contribution in [2.75, 3.05) is 19.3 Å². The molecule has 2 N–H and O–H groups in total. The van der Waals surface area contributed by atoms with E-state index in [1.165, 1.54) is 4.31 Å². The first kappa shape index (κ1) is 15.5. The van der Waals surface area contributed by atoms with Crippen molar-refractivity contribution in [1.82, 2.24) is 9.62 Å². The van der Waals surface area contributed by atoms with Crippen LogP contribution in [0.3, 0.4) is 0 Å². The second kappa shape index (κ2) is 5.86. The van der Waals surface area contributed by atoms with E-state index in [1.807, 2.05) is 0 Å². The van der Waals surface area contributed by atoms with Crippen LogP contribution >= 0.6 is 0 Å². The SMILES string of the molecule is CS(=O)(=O)N1CCCC(NC(=O)c2cc(C(=O)O)co2)C1. The second-order valence-electron chi connectivity index (χ2n) is 4.94. The minimum absolute atomic E-state index is 0.108. The highest BCUT2D eigenvalue weighted by Gasteiger charge is 2.27. The molecule has 2 rings (SSSR count). The number of rotatable bonds is 4. The summed E-state index contributed by atoms with van der Waals surface area (Å²) in [7, 11) is -3.29. The number of furan rings is 1. The van der Waals surface area contributed by atoms with Gasteiger partial charge in [0.1, 0.15) is 6.26 Å². The van der Waals surface area contributed by atoms with Gasteiger partial charge in [0.05, 0.1) is 11.8 Å². The summed E-state index contributed by atoms with van der Waals surface area (Å²) in [5.74, 6) is -1.84. The van der Waals surface area contributed by atoms with Gasteiger partial charge in [0.2, 0.25) is 10.0 Å². The average Bonchev–Trinajstić information content (AvgIpc) is 2.88. The van der Waals surface area contributed by atoms with Gasteiger partial charge in [-0.2, -0.15) is 0 Å². The largest absolute Gasteiger partial charge is 0.478 e. The number of amides is 1. The Kier molecular flexibility index (Phi) is 4.33. The van der Waals surface area contributed by atoms with Crippen LogP contribution in [0.15, 0.2) is 16.7 Å². The maximum atomic E-state index is 11.9. The van der Waals surface area contributed by atoms with Crippen molar-refractivity contribution < 1.29 is 27.5 Å². The maximum Gasteiger partial charge on any atom is 0.338 e. The Morgan fingerprint density at radius 1 is 1.48 bits per heavy atom. The summed E-state index contributed by atoms with van der Waals surface area (Å²) in [6.07, 6.45) is 3.42. The zero-order chi connectivity index (χ0) is 15.6. The molecule has 0 spiro atoms. The Morgan fingerprint density at radius 2 is 2.19 bits per heavy atom. The van der Waals surface area contributed by atoms with Gasteiger partial charge in [0.15, 0.2) is 5.76 Å². The van der Waals surface area contributed by atoms with E-state index >= 15 is 0 Å². The van der Waals surface area contributed by atoms with Gasteiger partial charge in [0, 0.05) is 25.2 Å². The predicted octanol–water partition coefficient (Wildman–Crippen LogP) is 0.132. The van der Waals surface area contributed by atoms with Crippen LogP contribution in [0.5, 0.6) is 0 Å². The monoisotopic (exact) mass is 316 g/mol. The Balaban J connectivity index is 2.00. The van der Waals surface area contributed by atoms with Gasteiger partial charge < -0.3 is 14.8 Å². The number of carboxylic acid groups (broad SMARTS) is 1. The average molecular weight is 316 g/mol. The van der Waals surface area contributed by atoms with E-state index in [4.69, 9.17) is 9.52 Å². The molecule has 0 saturated carbocycles.